The molecule has 1 aliphatic heterocycles. The van der Waals surface area contributed by atoms with Crippen molar-refractivity contribution in [1.29, 1.82) is 0 Å². The molecule has 2 N–H and O–H groups in total. The van der Waals surface area contributed by atoms with E-state index < -0.39 is 16.1 Å². The molecule has 0 bridgehead atoms. The summed E-state index contributed by atoms with van der Waals surface area (Å²) in [5, 5.41) is 2.87. The van der Waals surface area contributed by atoms with E-state index >= 15 is 0 Å². The zero-order valence-electron chi connectivity index (χ0n) is 18.1. The number of carbonyl (C=O) groups is 1. The van der Waals surface area contributed by atoms with E-state index in [0.29, 0.717) is 16.7 Å². The molecule has 0 saturated carbocycles. The van der Waals surface area contributed by atoms with Crippen molar-refractivity contribution in [3.63, 3.8) is 0 Å². The number of aromatic nitrogens is 3. The molecule has 0 spiro atoms. The summed E-state index contributed by atoms with van der Waals surface area (Å²) < 4.78 is 27.9. The number of urea groups is 1. The molecule has 4 aromatic rings. The summed E-state index contributed by atoms with van der Waals surface area (Å²) in [5.74, 6) is 0.305. The van der Waals surface area contributed by atoms with E-state index in [2.05, 4.69) is 20.2 Å². The molecular weight excluding hydrogens is 512 g/mol. The van der Waals surface area contributed by atoms with Gasteiger partial charge in [0.15, 0.2) is 0 Å². The Morgan fingerprint density at radius 2 is 1.86 bits per heavy atom. The maximum Gasteiger partial charge on any atom is 0.333 e. The fourth-order valence-electron chi connectivity index (χ4n) is 3.82. The van der Waals surface area contributed by atoms with Crippen LogP contribution in [0.5, 0.6) is 0 Å². The van der Waals surface area contributed by atoms with Crippen molar-refractivity contribution in [3.05, 3.63) is 69.7 Å². The second-order valence-corrected chi connectivity index (χ2v) is 11.5. The molecule has 1 fully saturated rings. The van der Waals surface area contributed by atoms with Crippen LogP contribution in [0.25, 0.3) is 16.7 Å². The SMILES string of the molecule is O=C(Nc1ccc(-n2cnc3cc(N4CCCC4)ccc3c2=O)nc1)NS(=O)(=O)c1ccc(Cl)s1. The van der Waals surface area contributed by atoms with Gasteiger partial charge in [0.2, 0.25) is 0 Å². The first-order chi connectivity index (χ1) is 16.8. The van der Waals surface area contributed by atoms with Gasteiger partial charge < -0.3 is 10.2 Å². The van der Waals surface area contributed by atoms with Gasteiger partial charge in [-0.1, -0.05) is 11.6 Å². The van der Waals surface area contributed by atoms with E-state index in [1.807, 2.05) is 16.9 Å². The van der Waals surface area contributed by atoms with Gasteiger partial charge in [-0.15, -0.1) is 11.3 Å². The monoisotopic (exact) mass is 530 g/mol. The minimum absolute atomic E-state index is 0.0816. The topological polar surface area (TPSA) is 126 Å². The summed E-state index contributed by atoms with van der Waals surface area (Å²) in [5.41, 5.74) is 1.63. The minimum atomic E-state index is -4.05. The molecule has 1 saturated heterocycles. The number of fused-ring (bicyclic) bond motifs is 1. The summed E-state index contributed by atoms with van der Waals surface area (Å²) in [6.07, 6.45) is 5.05. The van der Waals surface area contributed by atoms with Crippen LogP contribution in [0, 0.1) is 0 Å². The van der Waals surface area contributed by atoms with Gasteiger partial charge in [0, 0.05) is 18.8 Å². The van der Waals surface area contributed by atoms with E-state index in [1.54, 1.807) is 6.07 Å². The third kappa shape index (κ3) is 4.85. The molecule has 0 atom stereocenters. The summed E-state index contributed by atoms with van der Waals surface area (Å²) >= 11 is 6.60. The predicted molar refractivity (Wildman–Crippen MR) is 135 cm³/mol. The summed E-state index contributed by atoms with van der Waals surface area (Å²) in [7, 11) is -4.05. The Kier molecular flexibility index (Phi) is 6.17. The number of hydrogen-bond acceptors (Lipinski definition) is 8. The smallest absolute Gasteiger partial charge is 0.333 e. The second-order valence-electron chi connectivity index (χ2n) is 7.84. The highest BCUT2D eigenvalue weighted by molar-refractivity contribution is 7.92. The number of halogens is 1. The number of nitrogens with zero attached hydrogens (tertiary/aromatic N) is 4. The van der Waals surface area contributed by atoms with Crippen LogP contribution < -0.4 is 20.5 Å². The maximum absolute atomic E-state index is 13.0. The van der Waals surface area contributed by atoms with Crippen molar-refractivity contribution in [2.45, 2.75) is 17.1 Å². The van der Waals surface area contributed by atoms with Gasteiger partial charge in [0.1, 0.15) is 16.4 Å². The van der Waals surface area contributed by atoms with Crippen molar-refractivity contribution < 1.29 is 13.2 Å². The standard InChI is InChI=1S/C22H19ClN6O4S2/c23-18-6-8-20(34-18)35(32,33)27-22(31)26-14-3-7-19(24-12-14)29-13-25-17-11-15(28-9-1-2-10-28)4-5-16(17)21(29)30/h3-8,11-13H,1-2,9-10H2,(H2,26,27,31). The molecule has 0 unspecified atom stereocenters. The minimum Gasteiger partial charge on any atom is -0.371 e. The van der Waals surface area contributed by atoms with Gasteiger partial charge in [-0.2, -0.15) is 0 Å². The number of amides is 2. The summed E-state index contributed by atoms with van der Waals surface area (Å²) in [4.78, 5) is 36.1. The Bertz CT molecular complexity index is 1580. The molecule has 35 heavy (non-hydrogen) atoms. The number of nitrogens with one attached hydrogen (secondary N) is 2. The molecule has 5 rings (SSSR count). The van der Waals surface area contributed by atoms with Crippen molar-refractivity contribution in [2.24, 2.45) is 0 Å². The highest BCUT2D eigenvalue weighted by atomic mass is 35.5. The lowest BCUT2D eigenvalue weighted by Gasteiger charge is -2.17. The van der Waals surface area contributed by atoms with Crippen LogP contribution >= 0.6 is 22.9 Å². The Labute approximate surface area is 209 Å². The van der Waals surface area contributed by atoms with E-state index in [1.165, 1.54) is 41.4 Å². The Morgan fingerprint density at radius 3 is 2.54 bits per heavy atom. The Balaban J connectivity index is 1.32. The van der Waals surface area contributed by atoms with Crippen LogP contribution in [0.15, 0.2) is 64.0 Å². The normalized spacial score (nSPS) is 13.8. The molecule has 10 nitrogen and oxygen atoms in total. The quantitative estimate of drug-likeness (QED) is 0.403. The van der Waals surface area contributed by atoms with Crippen molar-refractivity contribution >= 4 is 61.3 Å². The third-order valence-electron chi connectivity index (χ3n) is 5.51. The van der Waals surface area contributed by atoms with Crippen LogP contribution in [0.3, 0.4) is 0 Å². The first kappa shape index (κ1) is 23.3. The maximum atomic E-state index is 13.0. The molecule has 3 aromatic heterocycles. The fraction of sp³-hybridized carbons (Fsp3) is 0.182. The number of carbonyl (C=O) groups excluding carboxylic acids is 1. The molecule has 13 heteroatoms. The lowest BCUT2D eigenvalue weighted by molar-refractivity contribution is 0.256. The molecule has 180 valence electrons. The number of sulfonamides is 1. The Hall–Kier alpha value is -3.48. The number of thiophene rings is 1. The molecule has 4 heterocycles. The van der Waals surface area contributed by atoms with E-state index in [4.69, 9.17) is 11.6 Å². The number of hydrogen-bond donors (Lipinski definition) is 2. The molecule has 0 aliphatic carbocycles. The average molecular weight is 531 g/mol. The van der Waals surface area contributed by atoms with Gasteiger partial charge in [-0.25, -0.2) is 27.9 Å². The van der Waals surface area contributed by atoms with Crippen LogP contribution in [0.4, 0.5) is 16.2 Å². The van der Waals surface area contributed by atoms with Crippen molar-refractivity contribution in [2.75, 3.05) is 23.3 Å². The number of anilines is 2. The summed E-state index contributed by atoms with van der Waals surface area (Å²) in [6, 6.07) is 10.4. The van der Waals surface area contributed by atoms with Crippen LogP contribution in [-0.4, -0.2) is 42.1 Å². The lowest BCUT2D eigenvalue weighted by atomic mass is 10.2. The molecule has 1 aliphatic rings. The fourth-order valence-corrected chi connectivity index (χ4v) is 6.21. The first-order valence-electron chi connectivity index (χ1n) is 10.6. The Morgan fingerprint density at radius 1 is 1.06 bits per heavy atom. The highest BCUT2D eigenvalue weighted by Gasteiger charge is 2.20. The van der Waals surface area contributed by atoms with Crippen molar-refractivity contribution in [3.8, 4) is 5.82 Å². The zero-order valence-corrected chi connectivity index (χ0v) is 20.5. The summed E-state index contributed by atoms with van der Waals surface area (Å²) in [6.45, 7) is 2.00. The zero-order chi connectivity index (χ0) is 24.6. The van der Waals surface area contributed by atoms with Gasteiger partial charge in [0.25, 0.3) is 15.6 Å². The van der Waals surface area contributed by atoms with Gasteiger partial charge in [-0.3, -0.25) is 9.36 Å². The molecule has 2 amide bonds. The number of pyridine rings is 1. The van der Waals surface area contributed by atoms with Crippen LogP contribution in [-0.2, 0) is 10.0 Å². The highest BCUT2D eigenvalue weighted by Crippen LogP contribution is 2.25. The molecular formula is C22H19ClN6O4S2. The van der Waals surface area contributed by atoms with Crippen molar-refractivity contribution in [1.82, 2.24) is 19.3 Å². The molecule has 0 radical (unpaired) electrons. The van der Waals surface area contributed by atoms with E-state index in [-0.39, 0.29) is 19.8 Å². The van der Waals surface area contributed by atoms with E-state index in [0.717, 1.165) is 43.0 Å². The van der Waals surface area contributed by atoms with Gasteiger partial charge in [-0.05, 0) is 55.3 Å². The second kappa shape index (κ2) is 9.29. The molecule has 1 aromatic carbocycles. The third-order valence-corrected chi connectivity index (χ3v) is 8.56. The largest absolute Gasteiger partial charge is 0.371 e. The van der Waals surface area contributed by atoms with Gasteiger partial charge >= 0.3 is 6.03 Å². The average Bonchev–Trinajstić information content (AvgIpc) is 3.52. The lowest BCUT2D eigenvalue weighted by Crippen LogP contribution is -2.34. The van der Waals surface area contributed by atoms with Crippen LogP contribution in [0.1, 0.15) is 12.8 Å². The number of benzene rings is 1. The first-order valence-corrected chi connectivity index (χ1v) is 13.3. The van der Waals surface area contributed by atoms with E-state index in [9.17, 15) is 18.0 Å². The van der Waals surface area contributed by atoms with Gasteiger partial charge in [0.05, 0.1) is 27.1 Å². The van der Waals surface area contributed by atoms with Crippen LogP contribution in [0.2, 0.25) is 4.34 Å². The predicted octanol–water partition coefficient (Wildman–Crippen LogP) is 3.61. The number of rotatable bonds is 5.